The molecule has 1 rings (SSSR count). The zero-order valence-corrected chi connectivity index (χ0v) is 13.3. The summed E-state index contributed by atoms with van der Waals surface area (Å²) in [4.78, 5) is 15.4. The first-order valence-corrected chi connectivity index (χ1v) is 7.17. The predicted octanol–water partition coefficient (Wildman–Crippen LogP) is 2.93. The molecule has 4 nitrogen and oxygen atoms in total. The van der Waals surface area contributed by atoms with Gasteiger partial charge in [0.05, 0.1) is 5.56 Å². The lowest BCUT2D eigenvalue weighted by Gasteiger charge is -2.26. The van der Waals surface area contributed by atoms with E-state index < -0.39 is 5.97 Å². The Bertz CT molecular complexity index is 435. The Labute approximate surface area is 123 Å². The van der Waals surface area contributed by atoms with Crippen LogP contribution in [0, 0.1) is 0 Å². The monoisotopic (exact) mass is 328 g/mol. The molecule has 0 heterocycles. The number of aromatic carboxylic acids is 1. The predicted molar refractivity (Wildman–Crippen MR) is 82.2 cm³/mol. The maximum absolute atomic E-state index is 11.1. The zero-order valence-electron chi connectivity index (χ0n) is 11.7. The van der Waals surface area contributed by atoms with Crippen LogP contribution >= 0.6 is 15.9 Å². The summed E-state index contributed by atoms with van der Waals surface area (Å²) in [6.07, 6.45) is 1.03. The van der Waals surface area contributed by atoms with Gasteiger partial charge in [0.25, 0.3) is 0 Å². The lowest BCUT2D eigenvalue weighted by atomic mass is 10.2. The first kappa shape index (κ1) is 16.0. The highest BCUT2D eigenvalue weighted by molar-refractivity contribution is 9.10. The molecule has 0 fully saturated rings. The molecule has 0 bridgehead atoms. The van der Waals surface area contributed by atoms with E-state index >= 15 is 0 Å². The second-order valence-electron chi connectivity index (χ2n) is 4.79. The molecule has 1 N–H and O–H groups in total. The van der Waals surface area contributed by atoms with E-state index in [2.05, 4.69) is 32.7 Å². The van der Waals surface area contributed by atoms with Crippen molar-refractivity contribution in [2.45, 2.75) is 13.3 Å². The highest BCUT2D eigenvalue weighted by atomic mass is 79.9. The van der Waals surface area contributed by atoms with Crippen LogP contribution in [0.25, 0.3) is 0 Å². The van der Waals surface area contributed by atoms with E-state index in [4.69, 9.17) is 5.11 Å². The molecule has 0 unspecified atom stereocenters. The Kier molecular flexibility index (Phi) is 6.31. The lowest BCUT2D eigenvalue weighted by Crippen LogP contribution is -2.32. The summed E-state index contributed by atoms with van der Waals surface area (Å²) >= 11 is 3.38. The third kappa shape index (κ3) is 5.20. The van der Waals surface area contributed by atoms with Gasteiger partial charge in [-0.25, -0.2) is 4.79 Å². The molecular formula is C14H21BrN2O2. The number of carbonyl (C=O) groups is 1. The van der Waals surface area contributed by atoms with Gasteiger partial charge in [0.1, 0.15) is 0 Å². The van der Waals surface area contributed by atoms with E-state index in [-0.39, 0.29) is 0 Å². The minimum Gasteiger partial charge on any atom is -0.478 e. The number of anilines is 1. The van der Waals surface area contributed by atoms with Crippen LogP contribution in [-0.2, 0) is 0 Å². The molecule has 106 valence electrons. The van der Waals surface area contributed by atoms with Gasteiger partial charge in [-0.2, -0.15) is 0 Å². The summed E-state index contributed by atoms with van der Waals surface area (Å²) in [7, 11) is 4.07. The molecule has 0 aromatic heterocycles. The van der Waals surface area contributed by atoms with Gasteiger partial charge in [-0.3, -0.25) is 0 Å². The molecule has 0 spiro atoms. The second-order valence-corrected chi connectivity index (χ2v) is 5.71. The van der Waals surface area contributed by atoms with Crippen LogP contribution in [0.2, 0.25) is 0 Å². The number of halogens is 1. The Morgan fingerprint density at radius 2 is 1.89 bits per heavy atom. The van der Waals surface area contributed by atoms with Crippen molar-refractivity contribution in [1.29, 1.82) is 0 Å². The van der Waals surface area contributed by atoms with Crippen LogP contribution in [-0.4, -0.2) is 49.7 Å². The molecule has 0 amide bonds. The van der Waals surface area contributed by atoms with Crippen LogP contribution in [0.1, 0.15) is 23.7 Å². The van der Waals surface area contributed by atoms with Gasteiger partial charge >= 0.3 is 5.97 Å². The van der Waals surface area contributed by atoms with E-state index in [0.29, 0.717) is 5.56 Å². The van der Waals surface area contributed by atoms with Gasteiger partial charge in [0.2, 0.25) is 0 Å². The number of rotatable bonds is 7. The largest absolute Gasteiger partial charge is 0.478 e. The van der Waals surface area contributed by atoms with Crippen molar-refractivity contribution in [2.24, 2.45) is 0 Å². The fraction of sp³-hybridized carbons (Fsp3) is 0.500. The summed E-state index contributed by atoms with van der Waals surface area (Å²) < 4.78 is 0.799. The number of nitrogens with zero attached hydrogens (tertiary/aromatic N) is 2. The van der Waals surface area contributed by atoms with E-state index in [1.165, 1.54) is 0 Å². The fourth-order valence-electron chi connectivity index (χ4n) is 1.84. The van der Waals surface area contributed by atoms with E-state index in [9.17, 15) is 4.79 Å². The standard InChI is InChI=1S/C14H21BrN2O2/c1-4-5-17(7-6-16(2)3)13-9-11(14(18)19)8-12(15)10-13/h8-10H,4-7H2,1-3H3,(H,18,19). The Morgan fingerprint density at radius 3 is 2.42 bits per heavy atom. The molecule has 0 radical (unpaired) electrons. The topological polar surface area (TPSA) is 43.8 Å². The molecule has 19 heavy (non-hydrogen) atoms. The molecule has 0 saturated heterocycles. The Balaban J connectivity index is 2.97. The van der Waals surface area contributed by atoms with E-state index in [0.717, 1.165) is 36.2 Å². The summed E-state index contributed by atoms with van der Waals surface area (Å²) in [5.41, 5.74) is 1.27. The first-order chi connectivity index (χ1) is 8.93. The molecule has 0 atom stereocenters. The van der Waals surface area contributed by atoms with Crippen molar-refractivity contribution in [3.63, 3.8) is 0 Å². The maximum atomic E-state index is 11.1. The van der Waals surface area contributed by atoms with Gasteiger partial charge in [-0.15, -0.1) is 0 Å². The van der Waals surface area contributed by atoms with Gasteiger partial charge in [-0.05, 0) is 38.7 Å². The average Bonchev–Trinajstić information content (AvgIpc) is 2.33. The number of hydrogen-bond acceptors (Lipinski definition) is 3. The number of carboxylic acid groups (broad SMARTS) is 1. The highest BCUT2D eigenvalue weighted by Crippen LogP contribution is 2.23. The van der Waals surface area contributed by atoms with Crippen molar-refractivity contribution >= 4 is 27.6 Å². The SMILES string of the molecule is CCCN(CCN(C)C)c1cc(Br)cc(C(=O)O)c1. The average molecular weight is 329 g/mol. The highest BCUT2D eigenvalue weighted by Gasteiger charge is 2.11. The summed E-state index contributed by atoms with van der Waals surface area (Å²) in [5, 5.41) is 9.12. The van der Waals surface area contributed by atoms with Crippen LogP contribution in [0.15, 0.2) is 22.7 Å². The summed E-state index contributed by atoms with van der Waals surface area (Å²) in [6, 6.07) is 5.33. The molecule has 0 aliphatic carbocycles. The Hall–Kier alpha value is -1.07. The smallest absolute Gasteiger partial charge is 0.335 e. The van der Waals surface area contributed by atoms with Crippen molar-refractivity contribution in [3.8, 4) is 0 Å². The molecule has 1 aromatic carbocycles. The van der Waals surface area contributed by atoms with Crippen molar-refractivity contribution in [1.82, 2.24) is 4.90 Å². The maximum Gasteiger partial charge on any atom is 0.335 e. The molecule has 0 aliphatic rings. The second kappa shape index (κ2) is 7.50. The van der Waals surface area contributed by atoms with Gasteiger partial charge in [0, 0.05) is 29.8 Å². The van der Waals surface area contributed by atoms with Crippen molar-refractivity contribution < 1.29 is 9.90 Å². The summed E-state index contributed by atoms with van der Waals surface area (Å²) in [5.74, 6) is -0.897. The van der Waals surface area contributed by atoms with E-state index in [1.807, 2.05) is 20.2 Å². The lowest BCUT2D eigenvalue weighted by molar-refractivity contribution is 0.0697. The van der Waals surface area contributed by atoms with E-state index in [1.54, 1.807) is 12.1 Å². The normalized spacial score (nSPS) is 10.8. The minimum atomic E-state index is -0.897. The molecule has 0 saturated carbocycles. The van der Waals surface area contributed by atoms with Gasteiger partial charge < -0.3 is 14.9 Å². The number of benzene rings is 1. The fourth-order valence-corrected chi connectivity index (χ4v) is 2.32. The Morgan fingerprint density at radius 1 is 1.21 bits per heavy atom. The number of likely N-dealkylation sites (N-methyl/N-ethyl adjacent to an activating group) is 1. The number of hydrogen-bond donors (Lipinski definition) is 1. The van der Waals surface area contributed by atoms with Crippen LogP contribution in [0.3, 0.4) is 0 Å². The van der Waals surface area contributed by atoms with Gasteiger partial charge in [-0.1, -0.05) is 22.9 Å². The molecular weight excluding hydrogens is 308 g/mol. The molecule has 0 aliphatic heterocycles. The van der Waals surface area contributed by atoms with Crippen molar-refractivity contribution in [3.05, 3.63) is 28.2 Å². The zero-order chi connectivity index (χ0) is 14.4. The van der Waals surface area contributed by atoms with Gasteiger partial charge in [0.15, 0.2) is 0 Å². The van der Waals surface area contributed by atoms with Crippen LogP contribution < -0.4 is 4.90 Å². The first-order valence-electron chi connectivity index (χ1n) is 6.37. The van der Waals surface area contributed by atoms with Crippen LogP contribution in [0.4, 0.5) is 5.69 Å². The number of carboxylic acids is 1. The molecule has 1 aromatic rings. The third-order valence-electron chi connectivity index (χ3n) is 2.81. The quantitative estimate of drug-likeness (QED) is 0.835. The molecule has 5 heteroatoms. The summed E-state index contributed by atoms with van der Waals surface area (Å²) in [6.45, 7) is 4.87. The van der Waals surface area contributed by atoms with Crippen molar-refractivity contribution in [2.75, 3.05) is 38.6 Å². The minimum absolute atomic E-state index is 0.315. The van der Waals surface area contributed by atoms with Crippen LogP contribution in [0.5, 0.6) is 0 Å². The third-order valence-corrected chi connectivity index (χ3v) is 3.26.